The van der Waals surface area contributed by atoms with Crippen molar-refractivity contribution < 1.29 is 18.9 Å². The van der Waals surface area contributed by atoms with Gasteiger partial charge in [0.1, 0.15) is 5.69 Å². The Hall–Kier alpha value is -1.02. The lowest BCUT2D eigenvalue weighted by molar-refractivity contribution is -0.0427. The summed E-state index contributed by atoms with van der Waals surface area (Å²) >= 11 is 0. The van der Waals surface area contributed by atoms with Crippen LogP contribution in [-0.2, 0) is 32.1 Å². The van der Waals surface area contributed by atoms with Crippen molar-refractivity contribution in [3.8, 4) is 0 Å². The predicted molar refractivity (Wildman–Crippen MR) is 91.9 cm³/mol. The van der Waals surface area contributed by atoms with Gasteiger partial charge in [-0.25, -0.2) is 4.68 Å². The average molecular weight is 343 g/mol. The fourth-order valence-corrected chi connectivity index (χ4v) is 1.69. The lowest BCUT2D eigenvalue weighted by atomic mass is 10.2. The second kappa shape index (κ2) is 10.1. The molecule has 0 aliphatic carbocycles. The van der Waals surface area contributed by atoms with Gasteiger partial charge in [-0.1, -0.05) is 5.21 Å². The Morgan fingerprint density at radius 1 is 0.833 bits per heavy atom. The molecule has 0 aromatic carbocycles. The van der Waals surface area contributed by atoms with E-state index in [1.165, 1.54) is 0 Å². The second-order valence-electron chi connectivity index (χ2n) is 7.56. The summed E-state index contributed by atoms with van der Waals surface area (Å²) in [6.07, 6.45) is 1.88. The van der Waals surface area contributed by atoms with E-state index in [1.807, 2.05) is 47.7 Å². The van der Waals surface area contributed by atoms with Crippen LogP contribution in [0.15, 0.2) is 6.20 Å². The number of hydrogen-bond acceptors (Lipinski definition) is 6. The van der Waals surface area contributed by atoms with Gasteiger partial charge in [-0.3, -0.25) is 0 Å². The molecule has 0 atom stereocenters. The minimum absolute atomic E-state index is 0.117. The Bertz CT molecular complexity index is 449. The monoisotopic (exact) mass is 343 g/mol. The molecule has 1 heterocycles. The van der Waals surface area contributed by atoms with Gasteiger partial charge in [0.2, 0.25) is 0 Å². The van der Waals surface area contributed by atoms with Gasteiger partial charge in [0, 0.05) is 0 Å². The topological polar surface area (TPSA) is 67.6 Å². The van der Waals surface area contributed by atoms with E-state index in [0.29, 0.717) is 46.2 Å². The van der Waals surface area contributed by atoms with Crippen molar-refractivity contribution >= 4 is 0 Å². The molecule has 140 valence electrons. The third kappa shape index (κ3) is 11.5. The van der Waals surface area contributed by atoms with E-state index in [9.17, 15) is 0 Å². The van der Waals surface area contributed by atoms with Crippen LogP contribution < -0.4 is 0 Å². The van der Waals surface area contributed by atoms with Gasteiger partial charge in [-0.15, -0.1) is 5.10 Å². The van der Waals surface area contributed by atoms with Crippen molar-refractivity contribution in [1.29, 1.82) is 0 Å². The number of rotatable bonds is 11. The van der Waals surface area contributed by atoms with Crippen molar-refractivity contribution in [2.75, 3.05) is 33.0 Å². The highest BCUT2D eigenvalue weighted by molar-refractivity contribution is 4.90. The molecule has 0 amide bonds. The first-order chi connectivity index (χ1) is 11.2. The van der Waals surface area contributed by atoms with Crippen LogP contribution in [0.4, 0.5) is 0 Å². The molecule has 0 aliphatic heterocycles. The van der Waals surface area contributed by atoms with Crippen molar-refractivity contribution in [3.63, 3.8) is 0 Å². The molecule has 7 heteroatoms. The van der Waals surface area contributed by atoms with Gasteiger partial charge in [0.25, 0.3) is 0 Å². The summed E-state index contributed by atoms with van der Waals surface area (Å²) < 4.78 is 24.0. The molecular weight excluding hydrogens is 310 g/mol. The Morgan fingerprint density at radius 3 is 2.04 bits per heavy atom. The second-order valence-corrected chi connectivity index (χ2v) is 7.56. The van der Waals surface area contributed by atoms with E-state index < -0.39 is 0 Å². The molecular formula is C17H33N3O4. The van der Waals surface area contributed by atoms with Crippen molar-refractivity contribution in [2.24, 2.45) is 0 Å². The summed E-state index contributed by atoms with van der Waals surface area (Å²) in [7, 11) is 0. The predicted octanol–water partition coefficient (Wildman–Crippen LogP) is 2.44. The molecule has 0 radical (unpaired) electrons. The summed E-state index contributed by atoms with van der Waals surface area (Å²) in [6, 6.07) is 0. The maximum atomic E-state index is 5.67. The van der Waals surface area contributed by atoms with Crippen LogP contribution in [0.25, 0.3) is 0 Å². The molecule has 0 N–H and O–H groups in total. The third-order valence-electron chi connectivity index (χ3n) is 2.84. The maximum Gasteiger partial charge on any atom is 0.108 e. The lowest BCUT2D eigenvalue weighted by Crippen LogP contribution is -2.22. The fraction of sp³-hybridized carbons (Fsp3) is 0.882. The summed E-state index contributed by atoms with van der Waals surface area (Å²) in [4.78, 5) is 0. The number of ether oxygens (including phenoxy) is 4. The Balaban J connectivity index is 2.01. The quantitative estimate of drug-likeness (QED) is 0.575. The van der Waals surface area contributed by atoms with E-state index in [-0.39, 0.29) is 11.2 Å². The smallest absolute Gasteiger partial charge is 0.108 e. The molecule has 1 rings (SSSR count). The standard InChI is InChI=1S/C17H33N3O4/c1-16(2,3)23-12-11-22-10-9-21-8-7-20-13-15(18-19-20)14-24-17(4,5)6/h13H,7-12,14H2,1-6H3. The Labute approximate surface area is 145 Å². The summed E-state index contributed by atoms with van der Waals surface area (Å²) in [5.74, 6) is 0. The van der Waals surface area contributed by atoms with Crippen LogP contribution in [0.2, 0.25) is 0 Å². The minimum atomic E-state index is -0.176. The lowest BCUT2D eigenvalue weighted by Gasteiger charge is -2.19. The van der Waals surface area contributed by atoms with Crippen LogP contribution >= 0.6 is 0 Å². The molecule has 0 fully saturated rings. The number of aromatic nitrogens is 3. The van der Waals surface area contributed by atoms with Crippen molar-refractivity contribution in [1.82, 2.24) is 15.0 Å². The molecule has 7 nitrogen and oxygen atoms in total. The summed E-state index contributed by atoms with van der Waals surface area (Å²) in [5, 5.41) is 8.14. The molecule has 0 saturated heterocycles. The largest absolute Gasteiger partial charge is 0.377 e. The van der Waals surface area contributed by atoms with Gasteiger partial charge in [0.15, 0.2) is 0 Å². The van der Waals surface area contributed by atoms with Gasteiger partial charge in [0.05, 0.1) is 63.6 Å². The van der Waals surface area contributed by atoms with E-state index in [1.54, 1.807) is 4.68 Å². The highest BCUT2D eigenvalue weighted by atomic mass is 16.5. The van der Waals surface area contributed by atoms with E-state index in [0.717, 1.165) is 5.69 Å². The summed E-state index contributed by atoms with van der Waals surface area (Å²) in [5.41, 5.74) is 0.534. The molecule has 1 aromatic rings. The Kier molecular flexibility index (Phi) is 8.83. The minimum Gasteiger partial charge on any atom is -0.377 e. The normalized spacial score (nSPS) is 12.8. The van der Waals surface area contributed by atoms with Crippen LogP contribution in [0.1, 0.15) is 47.2 Å². The zero-order chi connectivity index (χ0) is 18.1. The van der Waals surface area contributed by atoms with Crippen LogP contribution in [0, 0.1) is 0 Å². The van der Waals surface area contributed by atoms with Gasteiger partial charge in [-0.05, 0) is 41.5 Å². The van der Waals surface area contributed by atoms with E-state index >= 15 is 0 Å². The summed E-state index contributed by atoms with van der Waals surface area (Å²) in [6.45, 7) is 16.1. The highest BCUT2D eigenvalue weighted by Gasteiger charge is 2.11. The van der Waals surface area contributed by atoms with Gasteiger partial charge in [-0.2, -0.15) is 0 Å². The number of hydrogen-bond donors (Lipinski definition) is 0. The van der Waals surface area contributed by atoms with Gasteiger partial charge < -0.3 is 18.9 Å². The molecule has 0 spiro atoms. The van der Waals surface area contributed by atoms with Crippen LogP contribution in [0.3, 0.4) is 0 Å². The SMILES string of the molecule is CC(C)(C)OCCOCCOCCn1cc(COC(C)(C)C)nn1. The van der Waals surface area contributed by atoms with Crippen molar-refractivity contribution in [2.45, 2.75) is 65.9 Å². The van der Waals surface area contributed by atoms with Crippen molar-refractivity contribution in [3.05, 3.63) is 11.9 Å². The van der Waals surface area contributed by atoms with Gasteiger partial charge >= 0.3 is 0 Å². The molecule has 0 unspecified atom stereocenters. The first-order valence-corrected chi connectivity index (χ1v) is 8.48. The average Bonchev–Trinajstić information content (AvgIpc) is 2.89. The first-order valence-electron chi connectivity index (χ1n) is 8.48. The van der Waals surface area contributed by atoms with E-state index in [2.05, 4.69) is 10.3 Å². The van der Waals surface area contributed by atoms with E-state index in [4.69, 9.17) is 18.9 Å². The molecule has 24 heavy (non-hydrogen) atoms. The Morgan fingerprint density at radius 2 is 1.42 bits per heavy atom. The zero-order valence-electron chi connectivity index (χ0n) is 16.0. The van der Waals surface area contributed by atoms with Crippen LogP contribution in [-0.4, -0.2) is 59.2 Å². The third-order valence-corrected chi connectivity index (χ3v) is 2.84. The fourth-order valence-electron chi connectivity index (χ4n) is 1.69. The first kappa shape index (κ1) is 21.0. The number of nitrogens with zero attached hydrogens (tertiary/aromatic N) is 3. The highest BCUT2D eigenvalue weighted by Crippen LogP contribution is 2.09. The van der Waals surface area contributed by atoms with Crippen LogP contribution in [0.5, 0.6) is 0 Å². The molecule has 1 aromatic heterocycles. The molecule has 0 aliphatic rings. The molecule has 0 bridgehead atoms. The zero-order valence-corrected chi connectivity index (χ0v) is 16.0. The maximum absolute atomic E-state index is 5.67. The molecule has 0 saturated carbocycles.